The van der Waals surface area contributed by atoms with Gasteiger partial charge in [0.05, 0.1) is 6.26 Å². The van der Waals surface area contributed by atoms with Crippen LogP contribution < -0.4 is 5.32 Å². The summed E-state index contributed by atoms with van der Waals surface area (Å²) >= 11 is 0. The van der Waals surface area contributed by atoms with Crippen LogP contribution >= 0.6 is 0 Å². The minimum Gasteiger partial charge on any atom is -0.463 e. The fraction of sp³-hybridized carbons (Fsp3) is 0.429. The standard InChI is InChI=1S/C14H17N3O4S/c1-17-12(14(18)15-10-5-2-3-6-10)9-11(16-22(17,19)20)13-7-4-8-21-13/h4,7-10H,2-3,5-6H2,1H3,(H,15,18). The number of likely N-dealkylation sites (N-methyl/N-ethyl adjacent to an activating group) is 1. The van der Waals surface area contributed by atoms with E-state index in [-0.39, 0.29) is 17.5 Å². The van der Waals surface area contributed by atoms with Crippen molar-refractivity contribution in [1.82, 2.24) is 9.62 Å². The molecule has 1 amide bonds. The number of allylic oxidation sites excluding steroid dienone is 1. The van der Waals surface area contributed by atoms with Gasteiger partial charge < -0.3 is 9.73 Å². The van der Waals surface area contributed by atoms with Crippen LogP contribution in [0.25, 0.3) is 0 Å². The number of hydrogen-bond acceptors (Lipinski definition) is 4. The molecule has 0 saturated heterocycles. The zero-order valence-electron chi connectivity index (χ0n) is 12.2. The second-order valence-electron chi connectivity index (χ2n) is 5.38. The number of nitrogens with zero attached hydrogens (tertiary/aromatic N) is 2. The summed E-state index contributed by atoms with van der Waals surface area (Å²) in [4.78, 5) is 12.4. The summed E-state index contributed by atoms with van der Waals surface area (Å²) in [6, 6.07) is 3.34. The molecule has 0 bridgehead atoms. The van der Waals surface area contributed by atoms with Crippen molar-refractivity contribution in [1.29, 1.82) is 0 Å². The van der Waals surface area contributed by atoms with E-state index in [4.69, 9.17) is 4.42 Å². The Morgan fingerprint density at radius 3 is 2.77 bits per heavy atom. The molecule has 1 saturated carbocycles. The Morgan fingerprint density at radius 2 is 2.14 bits per heavy atom. The van der Waals surface area contributed by atoms with Crippen LogP contribution in [0.3, 0.4) is 0 Å². The Kier molecular flexibility index (Phi) is 3.78. The molecule has 0 aromatic carbocycles. The van der Waals surface area contributed by atoms with Gasteiger partial charge in [-0.05, 0) is 31.1 Å². The SMILES string of the molecule is CN1C(C(=O)NC2CCCC2)=CC(c2ccco2)=NS1(=O)=O. The average Bonchev–Trinajstić information content (AvgIpc) is 3.14. The fourth-order valence-corrected chi connectivity index (χ4v) is 3.53. The summed E-state index contributed by atoms with van der Waals surface area (Å²) in [5.41, 5.74) is 0.174. The van der Waals surface area contributed by atoms with Crippen molar-refractivity contribution >= 4 is 21.8 Å². The second-order valence-corrected chi connectivity index (χ2v) is 7.01. The highest BCUT2D eigenvalue weighted by molar-refractivity contribution is 7.88. The van der Waals surface area contributed by atoms with Crippen molar-refractivity contribution in [3.63, 3.8) is 0 Å². The maximum atomic E-state index is 12.4. The van der Waals surface area contributed by atoms with Gasteiger partial charge in [-0.25, -0.2) is 4.31 Å². The van der Waals surface area contributed by atoms with Gasteiger partial charge in [-0.3, -0.25) is 4.79 Å². The molecule has 1 aromatic heterocycles. The van der Waals surface area contributed by atoms with Crippen molar-refractivity contribution in [2.75, 3.05) is 7.05 Å². The van der Waals surface area contributed by atoms with E-state index in [2.05, 4.69) is 9.71 Å². The van der Waals surface area contributed by atoms with Crippen molar-refractivity contribution in [2.24, 2.45) is 4.40 Å². The van der Waals surface area contributed by atoms with Gasteiger partial charge in [-0.1, -0.05) is 12.8 Å². The molecular weight excluding hydrogens is 306 g/mol. The van der Waals surface area contributed by atoms with Crippen molar-refractivity contribution in [2.45, 2.75) is 31.7 Å². The number of carbonyl (C=O) groups is 1. The summed E-state index contributed by atoms with van der Waals surface area (Å²) in [7, 11) is -2.62. The van der Waals surface area contributed by atoms with Crippen LogP contribution in [0.1, 0.15) is 31.4 Å². The lowest BCUT2D eigenvalue weighted by Gasteiger charge is -2.24. The van der Waals surface area contributed by atoms with E-state index in [0.29, 0.717) is 5.76 Å². The molecule has 0 spiro atoms. The molecule has 2 aliphatic rings. The first-order valence-corrected chi connectivity index (χ1v) is 8.52. The summed E-state index contributed by atoms with van der Waals surface area (Å²) in [5.74, 6) is -0.0974. The normalized spacial score (nSPS) is 21.4. The topological polar surface area (TPSA) is 92.0 Å². The largest absolute Gasteiger partial charge is 0.463 e. The lowest BCUT2D eigenvalue weighted by molar-refractivity contribution is -0.119. The molecule has 0 atom stereocenters. The summed E-state index contributed by atoms with van der Waals surface area (Å²) in [6.45, 7) is 0. The van der Waals surface area contributed by atoms with E-state index in [1.807, 2.05) is 0 Å². The lowest BCUT2D eigenvalue weighted by atomic mass is 10.2. The molecule has 1 aliphatic heterocycles. The van der Waals surface area contributed by atoms with Crippen molar-refractivity contribution in [3.05, 3.63) is 35.9 Å². The van der Waals surface area contributed by atoms with Crippen LogP contribution in [-0.2, 0) is 15.0 Å². The monoisotopic (exact) mass is 323 g/mol. The van der Waals surface area contributed by atoms with E-state index in [1.54, 1.807) is 12.1 Å². The van der Waals surface area contributed by atoms with E-state index in [0.717, 1.165) is 30.0 Å². The molecule has 3 rings (SSSR count). The molecule has 1 N–H and O–H groups in total. The average molecular weight is 323 g/mol. The highest BCUT2D eigenvalue weighted by Crippen LogP contribution is 2.22. The van der Waals surface area contributed by atoms with E-state index >= 15 is 0 Å². The maximum Gasteiger partial charge on any atom is 0.345 e. The minimum absolute atomic E-state index is 0.0494. The van der Waals surface area contributed by atoms with E-state index < -0.39 is 16.1 Å². The van der Waals surface area contributed by atoms with Crippen LogP contribution in [0.4, 0.5) is 0 Å². The zero-order chi connectivity index (χ0) is 15.7. The first kappa shape index (κ1) is 14.8. The first-order valence-electron chi connectivity index (χ1n) is 7.12. The van der Waals surface area contributed by atoms with E-state index in [9.17, 15) is 13.2 Å². The third kappa shape index (κ3) is 2.78. The molecule has 118 valence electrons. The number of rotatable bonds is 3. The van der Waals surface area contributed by atoms with Crippen LogP contribution in [0.2, 0.25) is 0 Å². The number of amides is 1. The highest BCUT2D eigenvalue weighted by atomic mass is 32.2. The number of hydrogen-bond donors (Lipinski definition) is 1. The van der Waals surface area contributed by atoms with Crippen LogP contribution in [-0.4, -0.2) is 37.4 Å². The third-order valence-corrected chi connectivity index (χ3v) is 5.19. The fourth-order valence-electron chi connectivity index (χ4n) is 2.64. The quantitative estimate of drug-likeness (QED) is 0.904. The molecule has 2 heterocycles. The molecule has 8 heteroatoms. The number of carbonyl (C=O) groups excluding carboxylic acids is 1. The van der Waals surface area contributed by atoms with Crippen LogP contribution in [0, 0.1) is 0 Å². The Morgan fingerprint density at radius 1 is 1.41 bits per heavy atom. The van der Waals surface area contributed by atoms with Gasteiger partial charge in [-0.2, -0.15) is 8.42 Å². The number of furan rings is 1. The van der Waals surface area contributed by atoms with Gasteiger partial charge in [0.1, 0.15) is 11.4 Å². The summed E-state index contributed by atoms with van der Waals surface area (Å²) in [6.07, 6.45) is 6.87. The third-order valence-electron chi connectivity index (χ3n) is 3.87. The minimum atomic E-state index is -3.93. The number of nitrogens with one attached hydrogen (secondary N) is 1. The molecule has 0 radical (unpaired) electrons. The molecule has 7 nitrogen and oxygen atoms in total. The Balaban J connectivity index is 1.90. The predicted octanol–water partition coefficient (Wildman–Crippen LogP) is 1.20. The van der Waals surface area contributed by atoms with Crippen LogP contribution in [0.15, 0.2) is 39.0 Å². The Bertz CT molecular complexity index is 728. The highest BCUT2D eigenvalue weighted by Gasteiger charge is 2.31. The molecule has 0 unspecified atom stereocenters. The van der Waals surface area contributed by atoms with Gasteiger partial charge in [0.25, 0.3) is 5.91 Å². The van der Waals surface area contributed by atoms with Crippen LogP contribution in [0.5, 0.6) is 0 Å². The maximum absolute atomic E-state index is 12.4. The zero-order valence-corrected chi connectivity index (χ0v) is 13.0. The van der Waals surface area contributed by atoms with Crippen molar-refractivity contribution < 1.29 is 17.6 Å². The molecule has 1 aromatic rings. The lowest BCUT2D eigenvalue weighted by Crippen LogP contribution is -2.41. The molecule has 1 fully saturated rings. The Hall–Kier alpha value is -2.09. The van der Waals surface area contributed by atoms with Gasteiger partial charge in [0, 0.05) is 13.1 Å². The van der Waals surface area contributed by atoms with Gasteiger partial charge >= 0.3 is 10.2 Å². The van der Waals surface area contributed by atoms with Gasteiger partial charge in [0.2, 0.25) is 0 Å². The van der Waals surface area contributed by atoms with Crippen molar-refractivity contribution in [3.8, 4) is 0 Å². The second kappa shape index (κ2) is 5.60. The predicted molar refractivity (Wildman–Crippen MR) is 80.4 cm³/mol. The smallest absolute Gasteiger partial charge is 0.345 e. The Labute approximate surface area is 128 Å². The van der Waals surface area contributed by atoms with E-state index in [1.165, 1.54) is 19.4 Å². The molecular formula is C14H17N3O4S. The summed E-state index contributed by atoms with van der Waals surface area (Å²) in [5, 5.41) is 2.88. The molecule has 22 heavy (non-hydrogen) atoms. The summed E-state index contributed by atoms with van der Waals surface area (Å²) < 4.78 is 34.0. The first-order chi connectivity index (χ1) is 10.5. The van der Waals surface area contributed by atoms with Gasteiger partial charge in [0.15, 0.2) is 5.76 Å². The van der Waals surface area contributed by atoms with Gasteiger partial charge in [-0.15, -0.1) is 4.40 Å². The molecule has 1 aliphatic carbocycles.